The molecule has 2 nitrogen and oxygen atoms in total. The van der Waals surface area contributed by atoms with Crippen molar-refractivity contribution in [2.24, 2.45) is 0 Å². The molecule has 0 fully saturated rings. The lowest BCUT2D eigenvalue weighted by Gasteiger charge is -2.20. The smallest absolute Gasteiger partial charge is 0.405 e. The van der Waals surface area contributed by atoms with E-state index in [4.69, 9.17) is 0 Å². The van der Waals surface area contributed by atoms with E-state index in [1.807, 2.05) is 13.8 Å². The fourth-order valence-electron chi connectivity index (χ4n) is 2.21. The number of halogens is 3. The molecule has 112 valence electrons. The number of ether oxygens (including phenoxy) is 1. The Morgan fingerprint density at radius 1 is 1.30 bits per heavy atom. The molecule has 0 bridgehead atoms. The molecule has 1 aromatic carbocycles. The Bertz CT molecular complexity index is 441. The van der Waals surface area contributed by atoms with Gasteiger partial charge in [-0.2, -0.15) is 0 Å². The minimum absolute atomic E-state index is 0.0350. The molecule has 1 rings (SSSR count). The molecule has 5 heteroatoms. The van der Waals surface area contributed by atoms with Crippen molar-refractivity contribution >= 4 is 6.29 Å². The largest absolute Gasteiger partial charge is 0.573 e. The molecule has 1 aromatic rings. The SMILES string of the molecule is CCCCC(CC)c1cc(C=O)ccc1OC(F)(F)F. The van der Waals surface area contributed by atoms with Crippen LogP contribution in [0.5, 0.6) is 5.75 Å². The second kappa shape index (κ2) is 7.31. The second-order valence-electron chi connectivity index (χ2n) is 4.71. The summed E-state index contributed by atoms with van der Waals surface area (Å²) in [6, 6.07) is 4.06. The Morgan fingerprint density at radius 3 is 2.50 bits per heavy atom. The van der Waals surface area contributed by atoms with Gasteiger partial charge in [-0.1, -0.05) is 26.7 Å². The molecule has 0 radical (unpaired) electrons. The van der Waals surface area contributed by atoms with E-state index in [9.17, 15) is 18.0 Å². The number of alkyl halides is 3. The van der Waals surface area contributed by atoms with E-state index in [1.54, 1.807) is 0 Å². The first kappa shape index (κ1) is 16.5. The van der Waals surface area contributed by atoms with E-state index in [0.29, 0.717) is 23.8 Å². The van der Waals surface area contributed by atoms with Crippen LogP contribution >= 0.6 is 0 Å². The number of aldehydes is 1. The molecule has 0 heterocycles. The van der Waals surface area contributed by atoms with E-state index in [0.717, 1.165) is 19.3 Å². The zero-order chi connectivity index (χ0) is 15.2. The third-order valence-corrected chi connectivity index (χ3v) is 3.23. The van der Waals surface area contributed by atoms with E-state index in [2.05, 4.69) is 4.74 Å². The number of hydrogen-bond acceptors (Lipinski definition) is 2. The van der Waals surface area contributed by atoms with Gasteiger partial charge in [0.15, 0.2) is 0 Å². The topological polar surface area (TPSA) is 26.3 Å². The van der Waals surface area contributed by atoms with Crippen LogP contribution in [0.15, 0.2) is 18.2 Å². The summed E-state index contributed by atoms with van der Waals surface area (Å²) in [5.74, 6) is -0.238. The number of rotatable bonds is 7. The number of unbranched alkanes of at least 4 members (excludes halogenated alkanes) is 1. The molecule has 0 spiro atoms. The molecule has 0 aliphatic carbocycles. The maximum Gasteiger partial charge on any atom is 0.573 e. The summed E-state index contributed by atoms with van der Waals surface area (Å²) in [4.78, 5) is 10.8. The van der Waals surface area contributed by atoms with Gasteiger partial charge in [0.25, 0.3) is 0 Å². The Morgan fingerprint density at radius 2 is 2.00 bits per heavy atom. The molecule has 0 saturated carbocycles. The Labute approximate surface area is 116 Å². The van der Waals surface area contributed by atoms with E-state index in [-0.39, 0.29) is 11.7 Å². The lowest BCUT2D eigenvalue weighted by atomic mass is 9.89. The maximum absolute atomic E-state index is 12.4. The van der Waals surface area contributed by atoms with Gasteiger partial charge in [-0.05, 0) is 42.5 Å². The van der Waals surface area contributed by atoms with Gasteiger partial charge in [0.1, 0.15) is 12.0 Å². The van der Waals surface area contributed by atoms with Gasteiger partial charge in [-0.3, -0.25) is 4.79 Å². The molecular weight excluding hydrogens is 269 g/mol. The number of carbonyl (C=O) groups is 1. The van der Waals surface area contributed by atoms with E-state index in [1.165, 1.54) is 18.2 Å². The lowest BCUT2D eigenvalue weighted by Crippen LogP contribution is -2.19. The zero-order valence-electron chi connectivity index (χ0n) is 11.7. The number of hydrogen-bond donors (Lipinski definition) is 0. The van der Waals surface area contributed by atoms with Crippen molar-refractivity contribution in [2.75, 3.05) is 0 Å². The van der Waals surface area contributed by atoms with Crippen LogP contribution in [0.25, 0.3) is 0 Å². The van der Waals surface area contributed by atoms with Gasteiger partial charge in [-0.25, -0.2) is 0 Å². The summed E-state index contributed by atoms with van der Waals surface area (Å²) < 4.78 is 41.4. The maximum atomic E-state index is 12.4. The second-order valence-corrected chi connectivity index (χ2v) is 4.71. The third-order valence-electron chi connectivity index (χ3n) is 3.23. The van der Waals surface area contributed by atoms with Crippen LogP contribution in [0, 0.1) is 0 Å². The Kier molecular flexibility index (Phi) is 6.05. The summed E-state index contributed by atoms with van der Waals surface area (Å²) in [5, 5.41) is 0. The molecule has 1 atom stereocenters. The van der Waals surface area contributed by atoms with Crippen LogP contribution < -0.4 is 4.74 Å². The monoisotopic (exact) mass is 288 g/mol. The van der Waals surface area contributed by atoms with Crippen molar-refractivity contribution in [1.29, 1.82) is 0 Å². The average Bonchev–Trinajstić information content (AvgIpc) is 2.39. The minimum Gasteiger partial charge on any atom is -0.405 e. The lowest BCUT2D eigenvalue weighted by molar-refractivity contribution is -0.275. The van der Waals surface area contributed by atoms with Crippen LogP contribution in [-0.2, 0) is 0 Å². The quantitative estimate of drug-likeness (QED) is 0.654. The van der Waals surface area contributed by atoms with Crippen LogP contribution in [0.4, 0.5) is 13.2 Å². The summed E-state index contributed by atoms with van der Waals surface area (Å²) in [7, 11) is 0. The minimum atomic E-state index is -4.72. The molecule has 20 heavy (non-hydrogen) atoms. The van der Waals surface area contributed by atoms with Crippen LogP contribution in [0.2, 0.25) is 0 Å². The van der Waals surface area contributed by atoms with Gasteiger partial charge >= 0.3 is 6.36 Å². The molecule has 0 amide bonds. The Balaban J connectivity index is 3.13. The zero-order valence-corrected chi connectivity index (χ0v) is 11.7. The predicted molar refractivity (Wildman–Crippen MR) is 71.1 cm³/mol. The van der Waals surface area contributed by atoms with Crippen molar-refractivity contribution in [2.45, 2.75) is 51.8 Å². The average molecular weight is 288 g/mol. The first-order chi connectivity index (χ1) is 9.41. The highest BCUT2D eigenvalue weighted by molar-refractivity contribution is 5.75. The number of benzene rings is 1. The van der Waals surface area contributed by atoms with E-state index >= 15 is 0 Å². The normalized spacial score (nSPS) is 13.1. The first-order valence-electron chi connectivity index (χ1n) is 6.76. The summed E-state index contributed by atoms with van der Waals surface area (Å²) in [5.41, 5.74) is 0.826. The molecule has 0 aliphatic rings. The van der Waals surface area contributed by atoms with Crippen LogP contribution in [0.3, 0.4) is 0 Å². The molecule has 0 aromatic heterocycles. The fraction of sp³-hybridized carbons (Fsp3) is 0.533. The number of carbonyl (C=O) groups excluding carboxylic acids is 1. The summed E-state index contributed by atoms with van der Waals surface area (Å²) in [6.07, 6.45) is -0.706. The van der Waals surface area contributed by atoms with Crippen molar-refractivity contribution in [3.05, 3.63) is 29.3 Å². The fourth-order valence-corrected chi connectivity index (χ4v) is 2.21. The van der Waals surface area contributed by atoms with Crippen molar-refractivity contribution in [3.8, 4) is 5.75 Å². The third kappa shape index (κ3) is 4.87. The molecule has 0 N–H and O–H groups in total. The van der Waals surface area contributed by atoms with Crippen molar-refractivity contribution < 1.29 is 22.7 Å². The highest BCUT2D eigenvalue weighted by Gasteiger charge is 2.32. The molecule has 0 aliphatic heterocycles. The highest BCUT2D eigenvalue weighted by atomic mass is 19.4. The van der Waals surface area contributed by atoms with Gasteiger partial charge in [0.2, 0.25) is 0 Å². The first-order valence-corrected chi connectivity index (χ1v) is 6.76. The Hall–Kier alpha value is -1.52. The molecular formula is C15H19F3O2. The molecule has 1 unspecified atom stereocenters. The van der Waals surface area contributed by atoms with E-state index < -0.39 is 6.36 Å². The van der Waals surface area contributed by atoms with Crippen molar-refractivity contribution in [3.63, 3.8) is 0 Å². The van der Waals surface area contributed by atoms with Crippen molar-refractivity contribution in [1.82, 2.24) is 0 Å². The summed E-state index contributed by atoms with van der Waals surface area (Å²) in [6.45, 7) is 3.95. The predicted octanol–water partition coefficient (Wildman–Crippen LogP) is 5.08. The van der Waals surface area contributed by atoms with Gasteiger partial charge in [0, 0.05) is 5.56 Å². The summed E-state index contributed by atoms with van der Waals surface area (Å²) >= 11 is 0. The van der Waals surface area contributed by atoms with Gasteiger partial charge < -0.3 is 4.74 Å². The van der Waals surface area contributed by atoms with Crippen LogP contribution in [-0.4, -0.2) is 12.6 Å². The molecule has 0 saturated heterocycles. The highest BCUT2D eigenvalue weighted by Crippen LogP contribution is 2.36. The van der Waals surface area contributed by atoms with Gasteiger partial charge in [-0.15, -0.1) is 13.2 Å². The van der Waals surface area contributed by atoms with Gasteiger partial charge in [0.05, 0.1) is 0 Å². The standard InChI is InChI=1S/C15H19F3O2/c1-3-5-6-12(4-2)13-9-11(10-19)7-8-14(13)20-15(16,17)18/h7-10,12H,3-6H2,1-2H3. The van der Waals surface area contributed by atoms with Crippen LogP contribution in [0.1, 0.15) is 61.4 Å².